The summed E-state index contributed by atoms with van der Waals surface area (Å²) in [7, 11) is 0. The highest BCUT2D eigenvalue weighted by Gasteiger charge is 2.32. The van der Waals surface area contributed by atoms with Crippen LogP contribution in [0.15, 0.2) is 24.3 Å². The van der Waals surface area contributed by atoms with Gasteiger partial charge in [-0.05, 0) is 30.5 Å². The number of piperidine rings is 1. The summed E-state index contributed by atoms with van der Waals surface area (Å²) in [6.07, 6.45) is -2.50. The molecule has 1 fully saturated rings. The van der Waals surface area contributed by atoms with Crippen molar-refractivity contribution in [2.75, 3.05) is 24.5 Å². The van der Waals surface area contributed by atoms with Gasteiger partial charge in [0.25, 0.3) is 0 Å². The summed E-state index contributed by atoms with van der Waals surface area (Å²) in [6.45, 7) is -0.246. The third kappa shape index (κ3) is 5.80. The second kappa shape index (κ2) is 8.43. The number of carbonyl (C=O) groups excluding carboxylic acids is 1. The number of rotatable bonds is 5. The SMILES string of the molecule is O=C(NCC(F)(F)F)C1CCCN(c2nnc(Cc3ccc(Cl)cc3)s2)C1. The van der Waals surface area contributed by atoms with Crippen LogP contribution < -0.4 is 10.2 Å². The molecule has 0 radical (unpaired) electrons. The minimum absolute atomic E-state index is 0.346. The van der Waals surface area contributed by atoms with E-state index in [2.05, 4.69) is 10.2 Å². The Morgan fingerprint density at radius 1 is 1.30 bits per heavy atom. The third-order valence-electron chi connectivity index (χ3n) is 4.25. The molecule has 1 unspecified atom stereocenters. The van der Waals surface area contributed by atoms with Gasteiger partial charge in [-0.25, -0.2) is 0 Å². The molecule has 2 heterocycles. The van der Waals surface area contributed by atoms with Crippen molar-refractivity contribution in [3.8, 4) is 0 Å². The van der Waals surface area contributed by atoms with Gasteiger partial charge in [-0.3, -0.25) is 4.79 Å². The first kappa shape index (κ1) is 19.9. The third-order valence-corrected chi connectivity index (χ3v) is 5.49. The van der Waals surface area contributed by atoms with Crippen molar-refractivity contribution in [1.82, 2.24) is 15.5 Å². The van der Waals surface area contributed by atoms with Crippen molar-refractivity contribution < 1.29 is 18.0 Å². The van der Waals surface area contributed by atoms with Gasteiger partial charge in [0.05, 0.1) is 5.92 Å². The van der Waals surface area contributed by atoms with Crippen LogP contribution in [0.25, 0.3) is 0 Å². The zero-order valence-electron chi connectivity index (χ0n) is 14.3. The zero-order valence-corrected chi connectivity index (χ0v) is 15.9. The Labute approximate surface area is 163 Å². The standard InChI is InChI=1S/C17H18ClF3N4OS/c18-13-5-3-11(4-6-13)8-14-23-24-16(27-14)25-7-1-2-12(9-25)15(26)22-10-17(19,20)21/h3-6,12H,1-2,7-10H2,(H,22,26). The lowest BCUT2D eigenvalue weighted by Gasteiger charge is -2.31. The summed E-state index contributed by atoms with van der Waals surface area (Å²) < 4.78 is 36.8. The molecule has 5 nitrogen and oxygen atoms in total. The Morgan fingerprint density at radius 2 is 2.04 bits per heavy atom. The van der Waals surface area contributed by atoms with Crippen molar-refractivity contribution in [2.45, 2.75) is 25.4 Å². The fraction of sp³-hybridized carbons (Fsp3) is 0.471. The molecule has 0 spiro atoms. The van der Waals surface area contributed by atoms with Gasteiger partial charge in [-0.1, -0.05) is 35.1 Å². The van der Waals surface area contributed by atoms with Gasteiger partial charge in [0.2, 0.25) is 11.0 Å². The second-order valence-electron chi connectivity index (χ2n) is 6.40. The van der Waals surface area contributed by atoms with E-state index in [-0.39, 0.29) is 0 Å². The quantitative estimate of drug-likeness (QED) is 0.804. The van der Waals surface area contributed by atoms with E-state index in [1.165, 1.54) is 11.3 Å². The fourth-order valence-corrected chi connectivity index (χ4v) is 3.95. The molecule has 1 aromatic heterocycles. The molecule has 1 aliphatic rings. The van der Waals surface area contributed by atoms with Crippen molar-refractivity contribution in [3.63, 3.8) is 0 Å². The summed E-state index contributed by atoms with van der Waals surface area (Å²) in [4.78, 5) is 13.9. The smallest absolute Gasteiger partial charge is 0.347 e. The summed E-state index contributed by atoms with van der Waals surface area (Å²) in [5.41, 5.74) is 1.06. The lowest BCUT2D eigenvalue weighted by atomic mass is 9.97. The van der Waals surface area contributed by atoms with Gasteiger partial charge in [0.15, 0.2) is 0 Å². The molecule has 1 atom stereocenters. The molecule has 3 rings (SSSR count). The number of benzene rings is 1. The average Bonchev–Trinajstić information content (AvgIpc) is 3.10. The topological polar surface area (TPSA) is 58.1 Å². The van der Waals surface area contributed by atoms with E-state index in [1.807, 2.05) is 34.5 Å². The van der Waals surface area contributed by atoms with Crippen molar-refractivity contribution >= 4 is 34.0 Å². The van der Waals surface area contributed by atoms with Crippen LogP contribution >= 0.6 is 22.9 Å². The van der Waals surface area contributed by atoms with Crippen LogP contribution in [0.3, 0.4) is 0 Å². The van der Waals surface area contributed by atoms with Crippen LogP contribution in [0.5, 0.6) is 0 Å². The molecule has 10 heteroatoms. The van der Waals surface area contributed by atoms with Crippen LogP contribution in [0.4, 0.5) is 18.3 Å². The molecule has 1 N–H and O–H groups in total. The maximum absolute atomic E-state index is 12.3. The minimum atomic E-state index is -4.40. The Bertz CT molecular complexity index is 781. The van der Waals surface area contributed by atoms with Crippen LogP contribution in [0.2, 0.25) is 5.02 Å². The van der Waals surface area contributed by atoms with E-state index in [0.717, 1.165) is 17.0 Å². The van der Waals surface area contributed by atoms with Crippen LogP contribution in [-0.2, 0) is 11.2 Å². The van der Waals surface area contributed by atoms with Crippen molar-refractivity contribution in [2.24, 2.45) is 5.92 Å². The summed E-state index contributed by atoms with van der Waals surface area (Å²) in [5.74, 6) is -1.05. The number of nitrogens with one attached hydrogen (secondary N) is 1. The fourth-order valence-electron chi connectivity index (χ4n) is 2.92. The highest BCUT2D eigenvalue weighted by molar-refractivity contribution is 7.15. The number of anilines is 1. The summed E-state index contributed by atoms with van der Waals surface area (Å²) in [6, 6.07) is 7.47. The van der Waals surface area contributed by atoms with Gasteiger partial charge in [0, 0.05) is 24.5 Å². The first-order chi connectivity index (χ1) is 12.8. The predicted molar refractivity (Wildman–Crippen MR) is 98.2 cm³/mol. The molecule has 1 saturated heterocycles. The summed E-state index contributed by atoms with van der Waals surface area (Å²) in [5, 5.41) is 12.5. The maximum atomic E-state index is 12.3. The number of carbonyl (C=O) groups is 1. The van der Waals surface area contributed by atoms with Crippen molar-refractivity contribution in [1.29, 1.82) is 0 Å². The Balaban J connectivity index is 1.59. The van der Waals surface area contributed by atoms with E-state index in [0.29, 0.717) is 36.1 Å². The number of amides is 1. The van der Waals surface area contributed by atoms with Gasteiger partial charge >= 0.3 is 6.18 Å². The number of aromatic nitrogens is 2. The van der Waals surface area contributed by atoms with E-state index in [9.17, 15) is 18.0 Å². The molecule has 1 amide bonds. The molecule has 1 aliphatic heterocycles. The summed E-state index contributed by atoms with van der Waals surface area (Å²) >= 11 is 7.31. The maximum Gasteiger partial charge on any atom is 0.405 e. The highest BCUT2D eigenvalue weighted by atomic mass is 35.5. The van der Waals surface area contributed by atoms with E-state index >= 15 is 0 Å². The molecular formula is C17H18ClF3N4OS. The second-order valence-corrected chi connectivity index (χ2v) is 7.88. The number of hydrogen-bond donors (Lipinski definition) is 1. The molecule has 1 aromatic carbocycles. The normalized spacial score (nSPS) is 17.8. The largest absolute Gasteiger partial charge is 0.405 e. The monoisotopic (exact) mass is 418 g/mol. The van der Waals surface area contributed by atoms with E-state index in [4.69, 9.17) is 11.6 Å². The molecule has 2 aromatic rings. The lowest BCUT2D eigenvalue weighted by Crippen LogP contribution is -2.45. The van der Waals surface area contributed by atoms with Gasteiger partial charge < -0.3 is 10.2 Å². The first-order valence-corrected chi connectivity index (χ1v) is 9.66. The van der Waals surface area contributed by atoms with Crippen LogP contribution in [0.1, 0.15) is 23.4 Å². The number of alkyl halides is 3. The molecule has 27 heavy (non-hydrogen) atoms. The number of hydrogen-bond acceptors (Lipinski definition) is 5. The Morgan fingerprint density at radius 3 is 2.74 bits per heavy atom. The Hall–Kier alpha value is -1.87. The average molecular weight is 419 g/mol. The van der Waals surface area contributed by atoms with Gasteiger partial charge in [-0.2, -0.15) is 13.2 Å². The predicted octanol–water partition coefficient (Wildman–Crippen LogP) is 3.68. The van der Waals surface area contributed by atoms with Crippen molar-refractivity contribution in [3.05, 3.63) is 39.9 Å². The zero-order chi connectivity index (χ0) is 19.4. The highest BCUT2D eigenvalue weighted by Crippen LogP contribution is 2.27. The van der Waals surface area contributed by atoms with Crippen LogP contribution in [0, 0.1) is 5.92 Å². The number of nitrogens with zero attached hydrogens (tertiary/aromatic N) is 3. The van der Waals surface area contributed by atoms with Gasteiger partial charge in [-0.15, -0.1) is 10.2 Å². The number of halogens is 4. The molecule has 0 bridgehead atoms. The molecule has 146 valence electrons. The lowest BCUT2D eigenvalue weighted by molar-refractivity contribution is -0.140. The minimum Gasteiger partial charge on any atom is -0.347 e. The van der Waals surface area contributed by atoms with Gasteiger partial charge in [0.1, 0.15) is 11.6 Å². The van der Waals surface area contributed by atoms with E-state index < -0.39 is 24.5 Å². The molecular weight excluding hydrogens is 401 g/mol. The van der Waals surface area contributed by atoms with Crippen LogP contribution in [-0.4, -0.2) is 41.9 Å². The molecule has 0 saturated carbocycles. The Kier molecular flexibility index (Phi) is 6.21. The first-order valence-electron chi connectivity index (χ1n) is 8.46. The molecule has 0 aliphatic carbocycles. The van der Waals surface area contributed by atoms with E-state index in [1.54, 1.807) is 0 Å².